The maximum atomic E-state index is 13.1. The zero-order valence-electron chi connectivity index (χ0n) is 15.6. The van der Waals surface area contributed by atoms with E-state index in [0.717, 1.165) is 16.7 Å². The van der Waals surface area contributed by atoms with Gasteiger partial charge in [0.2, 0.25) is 5.76 Å². The third-order valence-electron chi connectivity index (χ3n) is 4.98. The van der Waals surface area contributed by atoms with Crippen LogP contribution < -0.4 is 9.47 Å². The summed E-state index contributed by atoms with van der Waals surface area (Å²) in [5, 5.41) is 13.4. The van der Waals surface area contributed by atoms with Crippen molar-refractivity contribution >= 4 is 5.91 Å². The Morgan fingerprint density at radius 3 is 2.61 bits per heavy atom. The Hall–Kier alpha value is -3.48. The summed E-state index contributed by atoms with van der Waals surface area (Å²) in [6, 6.07) is 11.8. The molecule has 0 fully saturated rings. The number of rotatable bonds is 4. The smallest absolute Gasteiger partial charge is 0.293 e. The molecule has 4 rings (SSSR count). The van der Waals surface area contributed by atoms with Crippen molar-refractivity contribution in [3.8, 4) is 17.2 Å². The molecule has 28 heavy (non-hydrogen) atoms. The van der Waals surface area contributed by atoms with Crippen molar-refractivity contribution in [1.29, 1.82) is 0 Å². The first kappa shape index (κ1) is 17.9. The lowest BCUT2D eigenvalue weighted by molar-refractivity contribution is 0.0649. The zero-order valence-corrected chi connectivity index (χ0v) is 15.6. The highest BCUT2D eigenvalue weighted by atomic mass is 16.5. The van der Waals surface area contributed by atoms with E-state index < -0.39 is 6.04 Å². The topological polar surface area (TPSA) is 85.0 Å². The summed E-state index contributed by atoms with van der Waals surface area (Å²) in [7, 11) is 3.21. The van der Waals surface area contributed by atoms with Gasteiger partial charge in [-0.2, -0.15) is 0 Å². The second-order valence-corrected chi connectivity index (χ2v) is 6.52. The van der Waals surface area contributed by atoms with Gasteiger partial charge in [0.05, 0.1) is 26.5 Å². The molecule has 0 radical (unpaired) electrons. The lowest BCUT2D eigenvalue weighted by atomic mass is 9.87. The summed E-state index contributed by atoms with van der Waals surface area (Å²) < 4.78 is 16.1. The van der Waals surface area contributed by atoms with Crippen LogP contribution >= 0.6 is 0 Å². The highest BCUT2D eigenvalue weighted by molar-refractivity contribution is 5.92. The number of methoxy groups -OCH3 is 2. The number of benzene rings is 2. The number of ether oxygens (including phenoxy) is 2. The van der Waals surface area contributed by atoms with E-state index >= 15 is 0 Å². The van der Waals surface area contributed by atoms with Crippen LogP contribution in [0.25, 0.3) is 0 Å². The number of fused-ring (bicyclic) bond motifs is 1. The number of hydrogen-bond acceptors (Lipinski definition) is 6. The van der Waals surface area contributed by atoms with Gasteiger partial charge in [0.1, 0.15) is 17.2 Å². The molecule has 2 aromatic carbocycles. The number of carbonyl (C=O) groups excluding carboxylic acids is 1. The Labute approximate surface area is 162 Å². The van der Waals surface area contributed by atoms with Gasteiger partial charge in [-0.1, -0.05) is 17.3 Å². The number of carbonyl (C=O) groups is 1. The van der Waals surface area contributed by atoms with Crippen molar-refractivity contribution in [1.82, 2.24) is 10.1 Å². The van der Waals surface area contributed by atoms with Gasteiger partial charge in [0.15, 0.2) is 0 Å². The van der Waals surface area contributed by atoms with Gasteiger partial charge >= 0.3 is 0 Å². The largest absolute Gasteiger partial charge is 0.508 e. The molecule has 1 atom stereocenters. The van der Waals surface area contributed by atoms with E-state index in [-0.39, 0.29) is 17.4 Å². The molecular weight excluding hydrogens is 360 g/mol. The number of hydrogen-bond donors (Lipinski definition) is 1. The van der Waals surface area contributed by atoms with Crippen molar-refractivity contribution < 1.29 is 23.9 Å². The quantitative estimate of drug-likeness (QED) is 0.748. The summed E-state index contributed by atoms with van der Waals surface area (Å²) >= 11 is 0. The fourth-order valence-corrected chi connectivity index (χ4v) is 3.68. The van der Waals surface area contributed by atoms with E-state index in [1.54, 1.807) is 49.5 Å². The minimum absolute atomic E-state index is 0.162. The van der Waals surface area contributed by atoms with Gasteiger partial charge in [-0.3, -0.25) is 4.79 Å². The van der Waals surface area contributed by atoms with Crippen molar-refractivity contribution in [3.05, 3.63) is 71.1 Å². The number of amides is 1. The summed E-state index contributed by atoms with van der Waals surface area (Å²) in [5.41, 5.74) is 2.80. The number of phenolic OH excluding ortho intramolecular Hbond substituents is 1. The fraction of sp³-hybridized carbons (Fsp3) is 0.238. The molecule has 7 nitrogen and oxygen atoms in total. The lowest BCUT2D eigenvalue weighted by Gasteiger charge is -2.38. The van der Waals surface area contributed by atoms with Crippen LogP contribution in [-0.4, -0.2) is 41.8 Å². The Morgan fingerprint density at radius 1 is 1.18 bits per heavy atom. The molecule has 0 spiro atoms. The normalized spacial score (nSPS) is 15.8. The summed E-state index contributed by atoms with van der Waals surface area (Å²) in [6.45, 7) is 0.494. The summed E-state index contributed by atoms with van der Waals surface area (Å²) in [5.74, 6) is 1.44. The molecule has 1 aliphatic rings. The molecule has 1 N–H and O–H groups in total. The Bertz CT molecular complexity index is 966. The van der Waals surface area contributed by atoms with Crippen molar-refractivity contribution in [3.63, 3.8) is 0 Å². The first-order valence-electron chi connectivity index (χ1n) is 8.87. The average molecular weight is 380 g/mol. The molecule has 0 bridgehead atoms. The average Bonchev–Trinajstić information content (AvgIpc) is 3.27. The Morgan fingerprint density at radius 2 is 1.96 bits per heavy atom. The Kier molecular flexibility index (Phi) is 4.65. The Balaban J connectivity index is 1.88. The SMILES string of the molecule is COc1cc2c(c(OC)c1)C(c1ccc(O)cc1)N(C(=O)c1ccno1)CC2. The fourth-order valence-electron chi connectivity index (χ4n) is 3.68. The monoisotopic (exact) mass is 380 g/mol. The third-order valence-corrected chi connectivity index (χ3v) is 4.98. The van der Waals surface area contributed by atoms with E-state index in [1.807, 2.05) is 12.1 Å². The van der Waals surface area contributed by atoms with Crippen LogP contribution in [-0.2, 0) is 6.42 Å². The van der Waals surface area contributed by atoms with Crippen LogP contribution in [0, 0.1) is 0 Å². The minimum atomic E-state index is -0.400. The van der Waals surface area contributed by atoms with E-state index in [4.69, 9.17) is 14.0 Å². The molecule has 7 heteroatoms. The molecule has 1 aliphatic heterocycles. The molecule has 1 unspecified atom stereocenters. The van der Waals surface area contributed by atoms with Gasteiger partial charge in [-0.25, -0.2) is 0 Å². The molecule has 1 amide bonds. The van der Waals surface area contributed by atoms with E-state index in [0.29, 0.717) is 24.5 Å². The third kappa shape index (κ3) is 3.05. The zero-order chi connectivity index (χ0) is 19.7. The number of nitrogens with zero attached hydrogens (tertiary/aromatic N) is 2. The number of aromatic hydroxyl groups is 1. The van der Waals surface area contributed by atoms with Gasteiger partial charge in [-0.05, 0) is 35.7 Å². The van der Waals surface area contributed by atoms with Crippen LogP contribution in [0.15, 0.2) is 53.2 Å². The van der Waals surface area contributed by atoms with Crippen LogP contribution in [0.5, 0.6) is 17.2 Å². The first-order chi connectivity index (χ1) is 13.6. The predicted octanol–water partition coefficient (Wildman–Crippen LogP) is 3.19. The van der Waals surface area contributed by atoms with Gasteiger partial charge in [0, 0.05) is 24.2 Å². The minimum Gasteiger partial charge on any atom is -0.508 e. The van der Waals surface area contributed by atoms with E-state index in [2.05, 4.69) is 5.16 Å². The van der Waals surface area contributed by atoms with E-state index in [1.165, 1.54) is 6.20 Å². The second kappa shape index (κ2) is 7.26. The van der Waals surface area contributed by atoms with Crippen LogP contribution in [0.4, 0.5) is 0 Å². The molecule has 144 valence electrons. The van der Waals surface area contributed by atoms with Crippen LogP contribution in [0.3, 0.4) is 0 Å². The second-order valence-electron chi connectivity index (χ2n) is 6.52. The standard InChI is InChI=1S/C21H20N2O5/c1-26-16-11-14-8-10-23(21(25)17-7-9-22-28-17)20(19(14)18(12-16)27-2)13-3-5-15(24)6-4-13/h3-7,9,11-12,20,24H,8,10H2,1-2H3. The molecular formula is C21H20N2O5. The molecule has 1 aromatic heterocycles. The van der Waals surface area contributed by atoms with Crippen LogP contribution in [0.2, 0.25) is 0 Å². The maximum Gasteiger partial charge on any atom is 0.293 e. The number of aromatic nitrogens is 1. The summed E-state index contributed by atoms with van der Waals surface area (Å²) in [6.07, 6.45) is 2.10. The molecule has 0 saturated carbocycles. The van der Waals surface area contributed by atoms with Crippen molar-refractivity contribution in [2.75, 3.05) is 20.8 Å². The van der Waals surface area contributed by atoms with Gasteiger partial charge < -0.3 is 24.0 Å². The van der Waals surface area contributed by atoms with Gasteiger partial charge in [-0.15, -0.1) is 0 Å². The first-order valence-corrected chi connectivity index (χ1v) is 8.87. The molecule has 0 saturated heterocycles. The molecule has 0 aliphatic carbocycles. The maximum absolute atomic E-state index is 13.1. The lowest BCUT2D eigenvalue weighted by Crippen LogP contribution is -2.40. The van der Waals surface area contributed by atoms with Crippen LogP contribution in [0.1, 0.15) is 33.3 Å². The highest BCUT2D eigenvalue weighted by Crippen LogP contribution is 2.43. The van der Waals surface area contributed by atoms with Gasteiger partial charge in [0.25, 0.3) is 5.91 Å². The van der Waals surface area contributed by atoms with Crippen molar-refractivity contribution in [2.24, 2.45) is 0 Å². The number of phenols is 1. The van der Waals surface area contributed by atoms with E-state index in [9.17, 15) is 9.90 Å². The van der Waals surface area contributed by atoms with Crippen molar-refractivity contribution in [2.45, 2.75) is 12.5 Å². The summed E-state index contributed by atoms with van der Waals surface area (Å²) in [4.78, 5) is 14.9. The highest BCUT2D eigenvalue weighted by Gasteiger charge is 2.36. The molecule has 2 heterocycles. The predicted molar refractivity (Wildman–Crippen MR) is 101 cm³/mol. The molecule has 3 aromatic rings.